The van der Waals surface area contributed by atoms with E-state index in [-0.39, 0.29) is 23.2 Å². The molecule has 2 aromatic rings. The van der Waals surface area contributed by atoms with Gasteiger partial charge in [-0.15, -0.1) is 10.2 Å². The number of halogens is 3. The van der Waals surface area contributed by atoms with Crippen LogP contribution in [0.5, 0.6) is 0 Å². The number of rotatable bonds is 4. The summed E-state index contributed by atoms with van der Waals surface area (Å²) in [5, 5.41) is 20.9. The van der Waals surface area contributed by atoms with Crippen LogP contribution in [0.2, 0.25) is 0 Å². The molecule has 0 spiro atoms. The summed E-state index contributed by atoms with van der Waals surface area (Å²) in [5.74, 6) is -1.70. The van der Waals surface area contributed by atoms with Crippen molar-refractivity contribution in [1.29, 1.82) is 0 Å². The molecule has 1 saturated heterocycles. The second-order valence-electron chi connectivity index (χ2n) is 8.58. The maximum Gasteiger partial charge on any atom is 0.407 e. The van der Waals surface area contributed by atoms with E-state index in [0.29, 0.717) is 36.8 Å². The van der Waals surface area contributed by atoms with Crippen molar-refractivity contribution < 1.29 is 23.1 Å². The first kappa shape index (κ1) is 19.1. The van der Waals surface area contributed by atoms with E-state index in [2.05, 4.69) is 15.5 Å². The van der Waals surface area contributed by atoms with Crippen molar-refractivity contribution in [1.82, 2.24) is 15.1 Å². The van der Waals surface area contributed by atoms with E-state index >= 15 is 0 Å². The Bertz CT molecular complexity index is 1000. The van der Waals surface area contributed by atoms with Gasteiger partial charge in [0.1, 0.15) is 5.82 Å². The Morgan fingerprint density at radius 2 is 1.77 bits per heavy atom. The summed E-state index contributed by atoms with van der Waals surface area (Å²) in [7, 11) is 0. The largest absolute Gasteiger partial charge is 0.465 e. The van der Waals surface area contributed by atoms with Gasteiger partial charge in [0.05, 0.1) is 5.69 Å². The number of carboxylic acid groups (broad SMARTS) is 1. The number of anilines is 1. The van der Waals surface area contributed by atoms with Crippen LogP contribution in [0.25, 0.3) is 11.3 Å². The zero-order valence-corrected chi connectivity index (χ0v) is 16.1. The van der Waals surface area contributed by atoms with Gasteiger partial charge in [-0.05, 0) is 55.6 Å². The number of hydrogen-bond acceptors (Lipinski definition) is 4. The minimum atomic E-state index is -1.25. The zero-order chi connectivity index (χ0) is 21.0. The van der Waals surface area contributed by atoms with E-state index in [0.717, 1.165) is 37.3 Å². The summed E-state index contributed by atoms with van der Waals surface area (Å²) in [6, 6.07) is 3.27. The fraction of sp³-hybridized carbons (Fsp3) is 0.476. The highest BCUT2D eigenvalue weighted by atomic mass is 19.2. The SMILES string of the molecule is O=C(O)N1C[C@H]2C[C@H](Nc3nnc(-c4cc(F)cc(F)c4F)cc3C3CC3)C[C@H]2C1. The zero-order valence-electron chi connectivity index (χ0n) is 16.1. The van der Waals surface area contributed by atoms with Crippen molar-refractivity contribution in [2.75, 3.05) is 18.4 Å². The van der Waals surface area contributed by atoms with Gasteiger partial charge in [-0.3, -0.25) is 0 Å². The average Bonchev–Trinajstić information content (AvgIpc) is 3.36. The lowest BCUT2D eigenvalue weighted by atomic mass is 10.0. The predicted octanol–water partition coefficient (Wildman–Crippen LogP) is 4.24. The first-order chi connectivity index (χ1) is 14.4. The molecule has 1 aromatic heterocycles. The van der Waals surface area contributed by atoms with Crippen LogP contribution in [0.1, 0.15) is 37.2 Å². The number of likely N-dealkylation sites (tertiary alicyclic amines) is 1. The number of benzene rings is 1. The molecule has 9 heteroatoms. The van der Waals surface area contributed by atoms with Gasteiger partial charge in [-0.2, -0.15) is 0 Å². The number of amides is 1. The quantitative estimate of drug-likeness (QED) is 0.727. The highest BCUT2D eigenvalue weighted by molar-refractivity contribution is 5.66. The van der Waals surface area contributed by atoms with Crippen LogP contribution in [-0.2, 0) is 0 Å². The second-order valence-corrected chi connectivity index (χ2v) is 8.58. The summed E-state index contributed by atoms with van der Waals surface area (Å²) in [5.41, 5.74) is 0.754. The summed E-state index contributed by atoms with van der Waals surface area (Å²) in [6.45, 7) is 1.12. The van der Waals surface area contributed by atoms with Crippen molar-refractivity contribution in [2.45, 2.75) is 37.6 Å². The third-order valence-corrected chi connectivity index (χ3v) is 6.47. The topological polar surface area (TPSA) is 78.4 Å². The van der Waals surface area contributed by atoms with Gasteiger partial charge < -0.3 is 15.3 Å². The Hall–Kier alpha value is -2.84. The van der Waals surface area contributed by atoms with Crippen molar-refractivity contribution in [2.24, 2.45) is 11.8 Å². The number of fused-ring (bicyclic) bond motifs is 1. The number of nitrogens with zero attached hydrogens (tertiary/aromatic N) is 3. The summed E-state index contributed by atoms with van der Waals surface area (Å²) < 4.78 is 41.4. The third kappa shape index (κ3) is 3.46. The minimum Gasteiger partial charge on any atom is -0.465 e. The van der Waals surface area contributed by atoms with Crippen molar-refractivity contribution >= 4 is 11.9 Å². The molecule has 2 heterocycles. The van der Waals surface area contributed by atoms with Crippen LogP contribution in [0.4, 0.5) is 23.8 Å². The molecule has 2 saturated carbocycles. The van der Waals surface area contributed by atoms with Crippen molar-refractivity contribution in [3.05, 3.63) is 41.2 Å². The maximum absolute atomic E-state index is 14.2. The molecule has 1 aromatic carbocycles. The molecule has 2 aliphatic carbocycles. The molecule has 1 aliphatic heterocycles. The van der Waals surface area contributed by atoms with Gasteiger partial charge in [0.25, 0.3) is 0 Å². The number of aromatic nitrogens is 2. The normalized spacial score (nSPS) is 25.4. The molecule has 1 amide bonds. The third-order valence-electron chi connectivity index (χ3n) is 6.47. The van der Waals surface area contributed by atoms with Crippen molar-refractivity contribution in [3.8, 4) is 11.3 Å². The van der Waals surface area contributed by atoms with Crippen LogP contribution in [0.15, 0.2) is 18.2 Å². The van der Waals surface area contributed by atoms with Gasteiger partial charge in [-0.1, -0.05) is 0 Å². The molecule has 3 fully saturated rings. The molecule has 5 rings (SSSR count). The Labute approximate surface area is 171 Å². The molecule has 158 valence electrons. The maximum atomic E-state index is 14.2. The smallest absolute Gasteiger partial charge is 0.407 e. The molecule has 3 atom stereocenters. The highest BCUT2D eigenvalue weighted by Gasteiger charge is 2.43. The van der Waals surface area contributed by atoms with Gasteiger partial charge in [0.15, 0.2) is 17.5 Å². The molecule has 0 radical (unpaired) electrons. The van der Waals surface area contributed by atoms with Gasteiger partial charge >= 0.3 is 6.09 Å². The van der Waals surface area contributed by atoms with Crippen LogP contribution >= 0.6 is 0 Å². The Kier molecular flexibility index (Phi) is 4.56. The molecule has 0 unspecified atom stereocenters. The molecule has 2 N–H and O–H groups in total. The summed E-state index contributed by atoms with van der Waals surface area (Å²) >= 11 is 0. The van der Waals surface area contributed by atoms with Crippen molar-refractivity contribution in [3.63, 3.8) is 0 Å². The van der Waals surface area contributed by atoms with Gasteiger partial charge in [-0.25, -0.2) is 18.0 Å². The molecule has 30 heavy (non-hydrogen) atoms. The van der Waals surface area contributed by atoms with Crippen LogP contribution in [0, 0.1) is 29.3 Å². The molecular weight excluding hydrogens is 397 g/mol. The molecule has 3 aliphatic rings. The fourth-order valence-electron chi connectivity index (χ4n) is 4.87. The van der Waals surface area contributed by atoms with E-state index in [4.69, 9.17) is 5.11 Å². The van der Waals surface area contributed by atoms with Gasteiger partial charge in [0.2, 0.25) is 0 Å². The van der Waals surface area contributed by atoms with Crippen LogP contribution in [-0.4, -0.2) is 45.4 Å². The van der Waals surface area contributed by atoms with Crippen LogP contribution < -0.4 is 5.32 Å². The van der Waals surface area contributed by atoms with E-state index < -0.39 is 23.5 Å². The first-order valence-electron chi connectivity index (χ1n) is 10.2. The lowest BCUT2D eigenvalue weighted by Gasteiger charge is -2.19. The van der Waals surface area contributed by atoms with E-state index in [9.17, 15) is 18.0 Å². The summed E-state index contributed by atoms with van der Waals surface area (Å²) in [4.78, 5) is 12.6. The number of nitrogens with one attached hydrogen (secondary N) is 1. The lowest BCUT2D eigenvalue weighted by molar-refractivity contribution is 0.152. The first-order valence-corrected chi connectivity index (χ1v) is 10.2. The molecule has 0 bridgehead atoms. The van der Waals surface area contributed by atoms with E-state index in [1.807, 2.05) is 0 Å². The highest BCUT2D eigenvalue weighted by Crippen LogP contribution is 2.45. The number of carbonyl (C=O) groups is 1. The Morgan fingerprint density at radius 1 is 1.07 bits per heavy atom. The fourth-order valence-corrected chi connectivity index (χ4v) is 4.87. The minimum absolute atomic E-state index is 0.110. The average molecular weight is 418 g/mol. The van der Waals surface area contributed by atoms with Gasteiger partial charge in [0, 0.05) is 36.3 Å². The number of hydrogen-bond donors (Lipinski definition) is 2. The Balaban J connectivity index is 1.37. The van der Waals surface area contributed by atoms with E-state index in [1.165, 1.54) is 4.90 Å². The predicted molar refractivity (Wildman–Crippen MR) is 103 cm³/mol. The second kappa shape index (κ2) is 7.14. The lowest BCUT2D eigenvalue weighted by Crippen LogP contribution is -2.29. The van der Waals surface area contributed by atoms with Crippen LogP contribution in [0.3, 0.4) is 0 Å². The summed E-state index contributed by atoms with van der Waals surface area (Å²) in [6.07, 6.45) is 2.79. The monoisotopic (exact) mass is 418 g/mol. The van der Waals surface area contributed by atoms with E-state index in [1.54, 1.807) is 6.07 Å². The standard InChI is InChI=1S/C21H21F3N4O2/c22-13-5-16(19(24)17(23)6-13)18-7-15(10-1-2-10)20(27-26-18)25-14-3-11-8-28(21(29)30)9-12(11)4-14/h5-7,10-12,14H,1-4,8-9H2,(H,25,27)(H,29,30)/t11-,12+,14+. The molecular formula is C21H21F3N4O2. The molecule has 6 nitrogen and oxygen atoms in total. The Morgan fingerprint density at radius 3 is 2.40 bits per heavy atom.